The van der Waals surface area contributed by atoms with Gasteiger partial charge in [0.15, 0.2) is 11.5 Å². The lowest BCUT2D eigenvalue weighted by molar-refractivity contribution is 0.0977. The largest absolute Gasteiger partial charge is 0.493 e. The smallest absolute Gasteiger partial charge is 0.258 e. The third-order valence-corrected chi connectivity index (χ3v) is 5.56. The summed E-state index contributed by atoms with van der Waals surface area (Å²) in [5, 5.41) is 10.6. The van der Waals surface area contributed by atoms with Crippen molar-refractivity contribution >= 4 is 23.2 Å². The molecule has 2 N–H and O–H groups in total. The average Bonchev–Trinajstić information content (AvgIpc) is 3.07. The van der Waals surface area contributed by atoms with Crippen LogP contribution in [0, 0.1) is 13.8 Å². The maximum absolute atomic E-state index is 13.1. The van der Waals surface area contributed by atoms with Crippen molar-refractivity contribution in [1.29, 1.82) is 0 Å². The van der Waals surface area contributed by atoms with Crippen molar-refractivity contribution < 1.29 is 14.3 Å². The number of aryl methyl sites for hydroxylation is 2. The van der Waals surface area contributed by atoms with Crippen molar-refractivity contribution in [3.63, 3.8) is 0 Å². The van der Waals surface area contributed by atoms with Crippen LogP contribution in [0.15, 0.2) is 47.5 Å². The predicted molar refractivity (Wildman–Crippen MR) is 135 cm³/mol. The number of anilines is 2. The molecule has 1 amide bonds. The Hall–Kier alpha value is -4.01. The van der Waals surface area contributed by atoms with E-state index in [1.807, 2.05) is 68.8 Å². The molecule has 0 aliphatic rings. The fourth-order valence-corrected chi connectivity index (χ4v) is 3.47. The highest BCUT2D eigenvalue weighted by Crippen LogP contribution is 2.29. The lowest BCUT2D eigenvalue weighted by atomic mass is 10.2. The summed E-state index contributed by atoms with van der Waals surface area (Å²) in [6.45, 7) is 4.31. The number of rotatable bonds is 7. The van der Waals surface area contributed by atoms with Crippen LogP contribution in [-0.2, 0) is 13.6 Å². The minimum Gasteiger partial charge on any atom is -0.493 e. The van der Waals surface area contributed by atoms with E-state index in [2.05, 4.69) is 20.7 Å². The Kier molecular flexibility index (Phi) is 7.78. The van der Waals surface area contributed by atoms with Crippen LogP contribution in [0.3, 0.4) is 0 Å². The molecule has 0 atom stereocenters. The molecule has 0 radical (unpaired) electrons. The van der Waals surface area contributed by atoms with Crippen LogP contribution in [-0.4, -0.2) is 50.0 Å². The van der Waals surface area contributed by atoms with Crippen molar-refractivity contribution in [2.45, 2.75) is 20.4 Å². The number of carbonyl (C=O) groups excluding carboxylic acids is 1. The first-order chi connectivity index (χ1) is 16.2. The second-order valence-electron chi connectivity index (χ2n) is 8.03. The third-order valence-electron chi connectivity index (χ3n) is 5.56. The zero-order valence-corrected chi connectivity index (χ0v) is 20.8. The molecule has 1 heterocycles. The Morgan fingerprint density at radius 3 is 2.44 bits per heavy atom. The molecule has 9 nitrogen and oxygen atoms in total. The summed E-state index contributed by atoms with van der Waals surface area (Å²) >= 11 is 0. The molecule has 9 heteroatoms. The van der Waals surface area contributed by atoms with Gasteiger partial charge < -0.3 is 19.7 Å². The number of benzene rings is 2. The number of guanidine groups is 1. The Labute approximate surface area is 200 Å². The highest BCUT2D eigenvalue weighted by Gasteiger charge is 2.14. The van der Waals surface area contributed by atoms with Crippen LogP contribution in [0.2, 0.25) is 0 Å². The van der Waals surface area contributed by atoms with E-state index in [-0.39, 0.29) is 5.91 Å². The molecular formula is C25H32N6O3. The number of carbonyl (C=O) groups is 1. The summed E-state index contributed by atoms with van der Waals surface area (Å²) in [6, 6.07) is 12.8. The molecule has 0 aliphatic heterocycles. The zero-order chi connectivity index (χ0) is 24.8. The molecule has 1 aromatic heterocycles. The van der Waals surface area contributed by atoms with E-state index >= 15 is 0 Å². The molecule has 34 heavy (non-hydrogen) atoms. The van der Waals surface area contributed by atoms with Crippen LogP contribution < -0.4 is 25.0 Å². The molecule has 2 aromatic carbocycles. The molecule has 180 valence electrons. The summed E-state index contributed by atoms with van der Waals surface area (Å²) < 4.78 is 12.5. The van der Waals surface area contributed by atoms with Crippen molar-refractivity contribution in [3.05, 3.63) is 65.0 Å². The zero-order valence-electron chi connectivity index (χ0n) is 20.8. The van der Waals surface area contributed by atoms with E-state index in [9.17, 15) is 4.79 Å². The van der Waals surface area contributed by atoms with E-state index in [1.54, 1.807) is 32.4 Å². The van der Waals surface area contributed by atoms with Crippen molar-refractivity contribution in [1.82, 2.24) is 15.1 Å². The molecule has 0 saturated heterocycles. The average molecular weight is 465 g/mol. The number of ether oxygens (including phenoxy) is 2. The van der Waals surface area contributed by atoms with Gasteiger partial charge in [-0.15, -0.1) is 0 Å². The molecule has 0 bridgehead atoms. The SMILES string of the molecule is COc1ccc(NC(=NCc2c(C)nn(C)c2C)NC(=O)c2cccc(N(C)C)c2)cc1OC. The number of hydrogen-bond donors (Lipinski definition) is 2. The van der Waals surface area contributed by atoms with E-state index in [0.29, 0.717) is 35.3 Å². The molecule has 0 unspecified atom stereocenters. The third kappa shape index (κ3) is 5.67. The maximum atomic E-state index is 13.1. The van der Waals surface area contributed by atoms with Gasteiger partial charge in [-0.1, -0.05) is 6.07 Å². The highest BCUT2D eigenvalue weighted by atomic mass is 16.5. The quantitative estimate of drug-likeness (QED) is 0.411. The van der Waals surface area contributed by atoms with Crippen molar-refractivity contribution in [3.8, 4) is 11.5 Å². The summed E-state index contributed by atoms with van der Waals surface area (Å²) in [7, 11) is 8.92. The lowest BCUT2D eigenvalue weighted by Gasteiger charge is -2.16. The minimum absolute atomic E-state index is 0.268. The Balaban J connectivity index is 1.91. The van der Waals surface area contributed by atoms with Crippen molar-refractivity contribution in [2.24, 2.45) is 12.0 Å². The second kappa shape index (κ2) is 10.7. The van der Waals surface area contributed by atoms with Gasteiger partial charge in [-0.3, -0.25) is 14.8 Å². The fraction of sp³-hybridized carbons (Fsp3) is 0.320. The highest BCUT2D eigenvalue weighted by molar-refractivity contribution is 6.10. The number of aliphatic imine (C=N–C) groups is 1. The molecule has 3 rings (SSSR count). The topological polar surface area (TPSA) is 93.0 Å². The lowest BCUT2D eigenvalue weighted by Crippen LogP contribution is -2.36. The summed E-state index contributed by atoms with van der Waals surface area (Å²) in [4.78, 5) is 19.7. The van der Waals surface area contributed by atoms with Gasteiger partial charge in [-0.25, -0.2) is 4.99 Å². The standard InChI is InChI=1S/C25H32N6O3/c1-16-21(17(2)31(5)29-16)15-26-25(27-19-11-12-22(33-6)23(14-19)34-7)28-24(32)18-9-8-10-20(13-18)30(3)4/h8-14H,15H2,1-7H3,(H2,26,27,28,32). The van der Waals surface area contributed by atoms with Crippen molar-refractivity contribution in [2.75, 3.05) is 38.5 Å². The fourth-order valence-electron chi connectivity index (χ4n) is 3.47. The monoisotopic (exact) mass is 464 g/mol. The van der Waals surface area contributed by atoms with Gasteiger partial charge in [0.25, 0.3) is 5.91 Å². The normalized spacial score (nSPS) is 11.2. The van der Waals surface area contributed by atoms with Gasteiger partial charge in [0.1, 0.15) is 0 Å². The van der Waals surface area contributed by atoms with E-state index < -0.39 is 0 Å². The number of hydrogen-bond acceptors (Lipinski definition) is 6. The molecular weight excluding hydrogens is 432 g/mol. The summed E-state index contributed by atoms with van der Waals surface area (Å²) in [5.74, 6) is 1.22. The van der Waals surface area contributed by atoms with Gasteiger partial charge in [-0.2, -0.15) is 5.10 Å². The van der Waals surface area contributed by atoms with Crippen LogP contribution in [0.25, 0.3) is 0 Å². The number of aromatic nitrogens is 2. The number of nitrogens with one attached hydrogen (secondary N) is 2. The number of amides is 1. The van der Waals surface area contributed by atoms with Crippen LogP contribution in [0.5, 0.6) is 11.5 Å². The number of nitrogens with zero attached hydrogens (tertiary/aromatic N) is 4. The van der Waals surface area contributed by atoms with Crippen LogP contribution in [0.4, 0.5) is 11.4 Å². The van der Waals surface area contributed by atoms with E-state index in [0.717, 1.165) is 22.6 Å². The summed E-state index contributed by atoms with van der Waals surface area (Å²) in [6.07, 6.45) is 0. The Morgan fingerprint density at radius 2 is 1.82 bits per heavy atom. The van der Waals surface area contributed by atoms with Gasteiger partial charge in [0.05, 0.1) is 26.5 Å². The minimum atomic E-state index is -0.268. The Morgan fingerprint density at radius 1 is 1.09 bits per heavy atom. The molecule has 3 aromatic rings. The van der Waals surface area contributed by atoms with Crippen LogP contribution >= 0.6 is 0 Å². The van der Waals surface area contributed by atoms with Gasteiger partial charge in [0.2, 0.25) is 5.96 Å². The first kappa shape index (κ1) is 24.6. The second-order valence-corrected chi connectivity index (χ2v) is 8.03. The van der Waals surface area contributed by atoms with Crippen LogP contribution in [0.1, 0.15) is 27.3 Å². The predicted octanol–water partition coefficient (Wildman–Crippen LogP) is 3.52. The van der Waals surface area contributed by atoms with Gasteiger partial charge in [0, 0.05) is 55.4 Å². The molecule has 0 fully saturated rings. The number of methoxy groups -OCH3 is 2. The maximum Gasteiger partial charge on any atom is 0.258 e. The molecule has 0 spiro atoms. The summed E-state index contributed by atoms with van der Waals surface area (Å²) in [5.41, 5.74) is 5.09. The van der Waals surface area contributed by atoms with E-state index in [1.165, 1.54) is 0 Å². The van der Waals surface area contributed by atoms with E-state index in [4.69, 9.17) is 9.47 Å². The van der Waals surface area contributed by atoms with Gasteiger partial charge in [-0.05, 0) is 44.2 Å². The first-order valence-corrected chi connectivity index (χ1v) is 10.8. The first-order valence-electron chi connectivity index (χ1n) is 10.8. The molecule has 0 saturated carbocycles. The van der Waals surface area contributed by atoms with Gasteiger partial charge >= 0.3 is 0 Å². The Bertz CT molecular complexity index is 1200. The molecule has 0 aliphatic carbocycles.